The number of hydrogen-bond donors (Lipinski definition) is 2. The van der Waals surface area contributed by atoms with Crippen LogP contribution in [0.2, 0.25) is 5.02 Å². The van der Waals surface area contributed by atoms with E-state index in [1.54, 1.807) is 53.7 Å². The van der Waals surface area contributed by atoms with Crippen LogP contribution < -0.4 is 9.47 Å². The van der Waals surface area contributed by atoms with Gasteiger partial charge in [-0.1, -0.05) is 29.8 Å². The van der Waals surface area contributed by atoms with Crippen molar-refractivity contribution in [2.24, 2.45) is 7.05 Å². The number of aromatic carboxylic acids is 1. The molecule has 0 saturated carbocycles. The monoisotopic (exact) mass is 715 g/mol. The van der Waals surface area contributed by atoms with Crippen molar-refractivity contribution in [2.45, 2.75) is 49.4 Å². The first kappa shape index (κ1) is 34.7. The van der Waals surface area contributed by atoms with Crippen molar-refractivity contribution in [2.75, 3.05) is 20.3 Å². The first-order valence-electron chi connectivity index (χ1n) is 15.4. The molecule has 2 aromatic heterocycles. The van der Waals surface area contributed by atoms with E-state index in [9.17, 15) is 28.2 Å². The largest absolute Gasteiger partial charge is 0.497 e. The summed E-state index contributed by atoms with van der Waals surface area (Å²) in [6.07, 6.45) is -3.98. The zero-order valence-corrected chi connectivity index (χ0v) is 28.2. The van der Waals surface area contributed by atoms with Gasteiger partial charge in [0, 0.05) is 34.2 Å². The summed E-state index contributed by atoms with van der Waals surface area (Å²) in [5.74, 6) is 0.0675. The molecule has 258 valence electrons. The van der Waals surface area contributed by atoms with Crippen molar-refractivity contribution in [1.29, 1.82) is 0 Å². The number of carboxylic acids is 1. The molecule has 0 saturated heterocycles. The fourth-order valence-corrected chi connectivity index (χ4v) is 7.38. The number of alkyl halides is 3. The van der Waals surface area contributed by atoms with E-state index in [1.807, 2.05) is 12.1 Å². The Morgan fingerprint density at radius 2 is 1.88 bits per heavy atom. The van der Waals surface area contributed by atoms with E-state index < -0.39 is 17.7 Å². The van der Waals surface area contributed by atoms with E-state index in [0.717, 1.165) is 23.4 Å². The molecule has 2 N–H and O–H groups in total. The lowest BCUT2D eigenvalue weighted by molar-refractivity contribution is -0.137. The molecule has 0 aliphatic carbocycles. The highest BCUT2D eigenvalue weighted by Crippen LogP contribution is 2.43. The third kappa shape index (κ3) is 7.11. The number of carbonyl (C=O) groups is 1. The molecule has 0 amide bonds. The summed E-state index contributed by atoms with van der Waals surface area (Å²) in [5.41, 5.74) is 3.56. The predicted molar refractivity (Wildman–Crippen MR) is 180 cm³/mol. The van der Waals surface area contributed by atoms with Gasteiger partial charge >= 0.3 is 12.1 Å². The SMILES string of the molecule is COc1ccc(CSc2cc(OCCCc3c(C(=O)O)n(C)c4c(-c5c(CO)nn6c5COCC6)c(Cl)ccc34)cc(C(F)(F)F)c2)cc1. The Balaban J connectivity index is 1.25. The molecule has 6 rings (SSSR count). The zero-order chi connectivity index (χ0) is 34.9. The molecule has 0 radical (unpaired) electrons. The topological polar surface area (TPSA) is 108 Å². The number of benzene rings is 3. The minimum Gasteiger partial charge on any atom is -0.497 e. The number of aliphatic hydroxyl groups excluding tert-OH is 1. The quantitative estimate of drug-likeness (QED) is 0.0998. The van der Waals surface area contributed by atoms with Crippen LogP contribution in [0.5, 0.6) is 11.5 Å². The van der Waals surface area contributed by atoms with Gasteiger partial charge in [-0.2, -0.15) is 18.3 Å². The lowest BCUT2D eigenvalue weighted by Gasteiger charge is -2.17. The normalized spacial score (nSPS) is 13.1. The number of hydrogen-bond acceptors (Lipinski definition) is 7. The summed E-state index contributed by atoms with van der Waals surface area (Å²) in [7, 11) is 3.20. The van der Waals surface area contributed by atoms with E-state index in [1.165, 1.54) is 11.8 Å². The third-order valence-corrected chi connectivity index (χ3v) is 9.80. The van der Waals surface area contributed by atoms with Gasteiger partial charge < -0.3 is 29.0 Å². The Hall–Kier alpha value is -4.17. The summed E-state index contributed by atoms with van der Waals surface area (Å²) in [4.78, 5) is 13.0. The lowest BCUT2D eigenvalue weighted by atomic mass is 9.98. The van der Waals surface area contributed by atoms with Crippen LogP contribution in [0.15, 0.2) is 59.5 Å². The molecule has 0 fully saturated rings. The summed E-state index contributed by atoms with van der Waals surface area (Å²) in [6, 6.07) is 14.4. The molecule has 3 aromatic carbocycles. The molecule has 5 aromatic rings. The number of aryl methyl sites for hydroxylation is 2. The molecular formula is C35H33ClF3N3O6S. The molecule has 3 heterocycles. The van der Waals surface area contributed by atoms with Crippen molar-refractivity contribution in [1.82, 2.24) is 14.3 Å². The second kappa shape index (κ2) is 14.4. The first-order chi connectivity index (χ1) is 23.5. The number of carboxylic acid groups (broad SMARTS) is 1. The number of halogens is 4. The molecule has 0 spiro atoms. The third-order valence-electron chi connectivity index (χ3n) is 8.44. The van der Waals surface area contributed by atoms with Gasteiger partial charge in [0.05, 0.1) is 67.6 Å². The molecule has 1 aliphatic heterocycles. The van der Waals surface area contributed by atoms with Gasteiger partial charge in [0.25, 0.3) is 0 Å². The molecule has 0 atom stereocenters. The average molecular weight is 716 g/mol. The fourth-order valence-electron chi connectivity index (χ4n) is 6.20. The fraction of sp³-hybridized carbons (Fsp3) is 0.314. The first-order valence-corrected chi connectivity index (χ1v) is 16.8. The van der Waals surface area contributed by atoms with Crippen LogP contribution in [-0.4, -0.2) is 50.9 Å². The highest BCUT2D eigenvalue weighted by atomic mass is 35.5. The van der Waals surface area contributed by atoms with Gasteiger partial charge in [0.2, 0.25) is 0 Å². The molecule has 0 unspecified atom stereocenters. The summed E-state index contributed by atoms with van der Waals surface area (Å²) in [6.45, 7) is 0.930. The molecule has 9 nitrogen and oxygen atoms in total. The smallest absolute Gasteiger partial charge is 0.416 e. The van der Waals surface area contributed by atoms with Crippen molar-refractivity contribution in [3.05, 3.63) is 93.4 Å². The average Bonchev–Trinajstić information content (AvgIpc) is 3.60. The number of methoxy groups -OCH3 is 1. The number of rotatable bonds is 12. The Morgan fingerprint density at radius 3 is 2.57 bits per heavy atom. The van der Waals surface area contributed by atoms with E-state index in [4.69, 9.17) is 25.8 Å². The maximum atomic E-state index is 13.8. The van der Waals surface area contributed by atoms with Crippen LogP contribution in [0.4, 0.5) is 13.2 Å². The lowest BCUT2D eigenvalue weighted by Crippen LogP contribution is -2.17. The highest BCUT2D eigenvalue weighted by molar-refractivity contribution is 7.98. The maximum absolute atomic E-state index is 13.8. The van der Waals surface area contributed by atoms with Crippen LogP contribution in [0.25, 0.3) is 22.0 Å². The molecule has 1 aliphatic rings. The number of fused-ring (bicyclic) bond motifs is 2. The van der Waals surface area contributed by atoms with Crippen molar-refractivity contribution in [3.8, 4) is 22.6 Å². The van der Waals surface area contributed by atoms with E-state index >= 15 is 0 Å². The number of aliphatic hydroxyl groups is 1. The van der Waals surface area contributed by atoms with E-state index in [0.29, 0.717) is 74.3 Å². The molecular weight excluding hydrogens is 683 g/mol. The standard InChI is InChI=1S/C35H33ClF3N3O6S/c1-41-32-26(9-10-27(36)30(32)31-28(17-43)40-42-11-13-47-18-29(31)42)25(33(41)34(44)45)4-3-12-48-23-14-21(35(37,38)39)15-24(16-23)49-19-20-5-7-22(46-2)8-6-20/h5-10,14-16,43H,3-4,11-13,17-19H2,1-2H3,(H,44,45). The zero-order valence-electron chi connectivity index (χ0n) is 26.6. The molecule has 49 heavy (non-hydrogen) atoms. The minimum absolute atomic E-state index is 0.0444. The minimum atomic E-state index is -4.57. The number of ether oxygens (including phenoxy) is 3. The second-order valence-electron chi connectivity index (χ2n) is 11.5. The number of aromatic nitrogens is 3. The van der Waals surface area contributed by atoms with Crippen LogP contribution in [0, 0.1) is 0 Å². The Bertz CT molecular complexity index is 2010. The molecule has 0 bridgehead atoms. The van der Waals surface area contributed by atoms with E-state index in [-0.39, 0.29) is 37.7 Å². The Morgan fingerprint density at radius 1 is 1.10 bits per heavy atom. The van der Waals surface area contributed by atoms with Gasteiger partial charge in [0.1, 0.15) is 17.2 Å². The highest BCUT2D eigenvalue weighted by Gasteiger charge is 2.32. The van der Waals surface area contributed by atoms with Crippen LogP contribution in [-0.2, 0) is 49.9 Å². The number of nitrogens with zero attached hydrogens (tertiary/aromatic N) is 3. The van der Waals surface area contributed by atoms with Gasteiger partial charge in [-0.3, -0.25) is 4.68 Å². The van der Waals surface area contributed by atoms with Crippen LogP contribution >= 0.6 is 23.4 Å². The summed E-state index contributed by atoms with van der Waals surface area (Å²) >= 11 is 8.03. The predicted octanol–water partition coefficient (Wildman–Crippen LogP) is 7.75. The molecule has 14 heteroatoms. The van der Waals surface area contributed by atoms with Crippen molar-refractivity contribution in [3.63, 3.8) is 0 Å². The van der Waals surface area contributed by atoms with Gasteiger partial charge in [-0.25, -0.2) is 4.79 Å². The Kier molecular flexibility index (Phi) is 10.2. The Labute approximate surface area is 289 Å². The number of thioether (sulfide) groups is 1. The van der Waals surface area contributed by atoms with Crippen molar-refractivity contribution >= 4 is 40.2 Å². The van der Waals surface area contributed by atoms with Gasteiger partial charge in [0.15, 0.2) is 0 Å². The maximum Gasteiger partial charge on any atom is 0.416 e. The van der Waals surface area contributed by atoms with Gasteiger partial charge in [-0.05, 0) is 60.4 Å². The van der Waals surface area contributed by atoms with Crippen LogP contribution in [0.3, 0.4) is 0 Å². The second-order valence-corrected chi connectivity index (χ2v) is 12.9. The van der Waals surface area contributed by atoms with Crippen molar-refractivity contribution < 1.29 is 42.4 Å². The summed E-state index contributed by atoms with van der Waals surface area (Å²) in [5, 5.41) is 26.0. The van der Waals surface area contributed by atoms with Gasteiger partial charge in [-0.15, -0.1) is 11.8 Å². The van der Waals surface area contributed by atoms with E-state index in [2.05, 4.69) is 5.10 Å². The summed E-state index contributed by atoms with van der Waals surface area (Å²) < 4.78 is 61.5. The van der Waals surface area contributed by atoms with Crippen LogP contribution in [0.1, 0.15) is 45.0 Å².